The average molecular weight is 276 g/mol. The summed E-state index contributed by atoms with van der Waals surface area (Å²) in [5.74, 6) is 0. The van der Waals surface area contributed by atoms with Crippen LogP contribution in [0.15, 0.2) is 21.3 Å². The quantitative estimate of drug-likeness (QED) is 0.649. The highest BCUT2D eigenvalue weighted by Gasteiger charge is 2.15. The van der Waals surface area contributed by atoms with Crippen LogP contribution in [0.4, 0.5) is 16.2 Å². The topological polar surface area (TPSA) is 94.6 Å². The number of amides is 1. The molecule has 106 valence electrons. The zero-order chi connectivity index (χ0) is 14.9. The molecule has 1 heterocycles. The minimum Gasteiger partial charge on any atom is -0.450 e. The Bertz CT molecular complexity index is 734. The Morgan fingerprint density at radius 3 is 2.70 bits per heavy atom. The lowest BCUT2D eigenvalue weighted by atomic mass is 10.0. The number of hydrogen-bond acceptors (Lipinski definition) is 5. The molecule has 2 aromatic rings. The van der Waals surface area contributed by atoms with E-state index in [-0.39, 0.29) is 17.9 Å². The van der Waals surface area contributed by atoms with E-state index in [0.717, 1.165) is 16.5 Å². The van der Waals surface area contributed by atoms with Gasteiger partial charge in [0.25, 0.3) is 0 Å². The van der Waals surface area contributed by atoms with Crippen molar-refractivity contribution in [2.24, 2.45) is 0 Å². The Kier molecular flexibility index (Phi) is 3.65. The first kappa shape index (κ1) is 13.9. The molecule has 0 atom stereocenters. The molecular formula is C14H16N2O4. The van der Waals surface area contributed by atoms with Crippen LogP contribution in [0.3, 0.4) is 0 Å². The first-order valence-electron chi connectivity index (χ1n) is 6.21. The van der Waals surface area contributed by atoms with Crippen molar-refractivity contribution in [3.8, 4) is 0 Å². The van der Waals surface area contributed by atoms with Crippen molar-refractivity contribution < 1.29 is 13.9 Å². The molecule has 3 N–H and O–H groups in total. The second-order valence-corrected chi connectivity index (χ2v) is 4.45. The van der Waals surface area contributed by atoms with Crippen LogP contribution in [0.1, 0.15) is 18.1 Å². The molecule has 1 amide bonds. The summed E-state index contributed by atoms with van der Waals surface area (Å²) in [7, 11) is 0. The Morgan fingerprint density at radius 1 is 1.35 bits per heavy atom. The molecule has 0 unspecified atom stereocenters. The van der Waals surface area contributed by atoms with Crippen molar-refractivity contribution in [2.75, 3.05) is 17.7 Å². The van der Waals surface area contributed by atoms with Gasteiger partial charge in [0.1, 0.15) is 0 Å². The fourth-order valence-electron chi connectivity index (χ4n) is 2.05. The number of nitrogens with one attached hydrogen (secondary N) is 1. The molecule has 6 heteroatoms. The van der Waals surface area contributed by atoms with Crippen molar-refractivity contribution in [1.29, 1.82) is 0 Å². The molecule has 0 aliphatic rings. The van der Waals surface area contributed by atoms with E-state index >= 15 is 0 Å². The minimum atomic E-state index is -0.600. The van der Waals surface area contributed by atoms with Gasteiger partial charge in [0.15, 0.2) is 5.58 Å². The lowest BCUT2D eigenvalue weighted by molar-refractivity contribution is 0.168. The summed E-state index contributed by atoms with van der Waals surface area (Å²) >= 11 is 0. The van der Waals surface area contributed by atoms with E-state index in [9.17, 15) is 9.59 Å². The summed E-state index contributed by atoms with van der Waals surface area (Å²) in [5.41, 5.74) is 7.94. The highest BCUT2D eigenvalue weighted by Crippen LogP contribution is 2.33. The molecule has 0 saturated carbocycles. The number of aryl methyl sites for hydroxylation is 2. The maximum absolute atomic E-state index is 11.5. The van der Waals surface area contributed by atoms with E-state index in [1.165, 1.54) is 6.07 Å². The first-order valence-corrected chi connectivity index (χ1v) is 6.21. The van der Waals surface area contributed by atoms with Crippen molar-refractivity contribution in [1.82, 2.24) is 0 Å². The minimum absolute atomic E-state index is 0.217. The largest absolute Gasteiger partial charge is 0.450 e. The fourth-order valence-corrected chi connectivity index (χ4v) is 2.05. The highest BCUT2D eigenvalue weighted by atomic mass is 16.5. The number of rotatable bonds is 2. The zero-order valence-corrected chi connectivity index (χ0v) is 11.6. The lowest BCUT2D eigenvalue weighted by Crippen LogP contribution is -2.16. The average Bonchev–Trinajstić information content (AvgIpc) is 2.36. The third kappa shape index (κ3) is 2.45. The molecule has 2 rings (SSSR count). The van der Waals surface area contributed by atoms with Gasteiger partial charge in [0, 0.05) is 11.5 Å². The SMILES string of the molecule is CCOC(=O)Nc1c(C)cc2c(C)cc(=O)oc2c1N. The van der Waals surface area contributed by atoms with E-state index in [4.69, 9.17) is 14.9 Å². The van der Waals surface area contributed by atoms with Crippen LogP contribution in [0, 0.1) is 13.8 Å². The van der Waals surface area contributed by atoms with Crippen LogP contribution in [0.25, 0.3) is 11.0 Å². The summed E-state index contributed by atoms with van der Waals surface area (Å²) in [6, 6.07) is 3.21. The van der Waals surface area contributed by atoms with Gasteiger partial charge >= 0.3 is 11.7 Å². The predicted octanol–water partition coefficient (Wildman–Crippen LogP) is 2.56. The van der Waals surface area contributed by atoms with Gasteiger partial charge in [-0.3, -0.25) is 5.32 Å². The third-order valence-electron chi connectivity index (χ3n) is 2.98. The van der Waals surface area contributed by atoms with E-state index in [0.29, 0.717) is 5.69 Å². The Balaban J connectivity index is 2.62. The highest BCUT2D eigenvalue weighted by molar-refractivity contribution is 6.01. The molecule has 1 aromatic heterocycles. The van der Waals surface area contributed by atoms with Crippen molar-refractivity contribution in [2.45, 2.75) is 20.8 Å². The number of ether oxygens (including phenoxy) is 1. The summed E-state index contributed by atoms with van der Waals surface area (Å²) in [4.78, 5) is 22.9. The smallest absolute Gasteiger partial charge is 0.411 e. The number of nitrogens with two attached hydrogens (primary N) is 1. The molecule has 1 aromatic carbocycles. The van der Waals surface area contributed by atoms with E-state index in [1.54, 1.807) is 13.8 Å². The zero-order valence-electron chi connectivity index (χ0n) is 11.6. The van der Waals surface area contributed by atoms with Crippen molar-refractivity contribution >= 4 is 28.4 Å². The van der Waals surface area contributed by atoms with Gasteiger partial charge in [-0.1, -0.05) is 0 Å². The molecule has 0 aliphatic heterocycles. The summed E-state index contributed by atoms with van der Waals surface area (Å²) in [6.45, 7) is 5.57. The fraction of sp³-hybridized carbons (Fsp3) is 0.286. The van der Waals surface area contributed by atoms with Crippen LogP contribution >= 0.6 is 0 Å². The van der Waals surface area contributed by atoms with Gasteiger partial charge in [-0.15, -0.1) is 0 Å². The maximum atomic E-state index is 11.5. The number of carbonyl (C=O) groups excluding carboxylic acids is 1. The van der Waals surface area contributed by atoms with Crippen LogP contribution in [-0.2, 0) is 4.74 Å². The summed E-state index contributed by atoms with van der Waals surface area (Å²) < 4.78 is 9.96. The van der Waals surface area contributed by atoms with Crippen LogP contribution in [-0.4, -0.2) is 12.7 Å². The number of nitrogen functional groups attached to an aromatic ring is 1. The second-order valence-electron chi connectivity index (χ2n) is 4.45. The number of fused-ring (bicyclic) bond motifs is 1. The number of carbonyl (C=O) groups is 1. The molecule has 0 saturated heterocycles. The molecule has 0 radical (unpaired) electrons. The summed E-state index contributed by atoms with van der Waals surface area (Å²) in [5, 5.41) is 3.31. The van der Waals surface area contributed by atoms with Gasteiger partial charge < -0.3 is 14.9 Å². The third-order valence-corrected chi connectivity index (χ3v) is 2.98. The van der Waals surface area contributed by atoms with Crippen LogP contribution < -0.4 is 16.7 Å². The van der Waals surface area contributed by atoms with E-state index < -0.39 is 11.7 Å². The summed E-state index contributed by atoms with van der Waals surface area (Å²) in [6.07, 6.45) is -0.600. The molecule has 0 fully saturated rings. The molecule has 0 aliphatic carbocycles. The van der Waals surface area contributed by atoms with Gasteiger partial charge in [-0.05, 0) is 38.0 Å². The van der Waals surface area contributed by atoms with Gasteiger partial charge in [-0.2, -0.15) is 0 Å². The first-order chi connectivity index (χ1) is 9.43. The molecule has 20 heavy (non-hydrogen) atoms. The van der Waals surface area contributed by atoms with Gasteiger partial charge in [0.2, 0.25) is 0 Å². The van der Waals surface area contributed by atoms with Crippen molar-refractivity contribution in [3.63, 3.8) is 0 Å². The standard InChI is InChI=1S/C14H16N2O4/c1-4-19-14(18)16-12-8(3)5-9-7(2)6-10(17)20-13(9)11(12)15/h5-6H,4,15H2,1-3H3,(H,16,18). The molecular weight excluding hydrogens is 260 g/mol. The Labute approximate surface area is 115 Å². The van der Waals surface area contributed by atoms with E-state index in [2.05, 4.69) is 5.32 Å². The van der Waals surface area contributed by atoms with Crippen LogP contribution in [0.2, 0.25) is 0 Å². The van der Waals surface area contributed by atoms with Gasteiger partial charge in [-0.25, -0.2) is 9.59 Å². The Morgan fingerprint density at radius 2 is 2.05 bits per heavy atom. The predicted molar refractivity (Wildman–Crippen MR) is 77.0 cm³/mol. The monoisotopic (exact) mass is 276 g/mol. The lowest BCUT2D eigenvalue weighted by Gasteiger charge is -2.13. The maximum Gasteiger partial charge on any atom is 0.411 e. The Hall–Kier alpha value is -2.50. The molecule has 6 nitrogen and oxygen atoms in total. The number of benzene rings is 1. The number of hydrogen-bond donors (Lipinski definition) is 2. The molecule has 0 spiro atoms. The molecule has 0 bridgehead atoms. The van der Waals surface area contributed by atoms with Gasteiger partial charge in [0.05, 0.1) is 18.0 Å². The van der Waals surface area contributed by atoms with Crippen LogP contribution in [0.5, 0.6) is 0 Å². The van der Waals surface area contributed by atoms with Crippen molar-refractivity contribution in [3.05, 3.63) is 33.7 Å². The van der Waals surface area contributed by atoms with E-state index in [1.807, 2.05) is 13.0 Å². The second kappa shape index (κ2) is 5.24. The normalized spacial score (nSPS) is 10.6. The number of anilines is 2.